The normalized spacial score (nSPS) is 11.6. The van der Waals surface area contributed by atoms with Gasteiger partial charge in [-0.2, -0.15) is 0 Å². The van der Waals surface area contributed by atoms with Crippen LogP contribution in [0.4, 0.5) is 5.13 Å². The molecule has 0 fully saturated rings. The van der Waals surface area contributed by atoms with Crippen LogP contribution in [-0.4, -0.2) is 49.8 Å². The predicted octanol–water partition coefficient (Wildman–Crippen LogP) is 3.80. The third kappa shape index (κ3) is 4.72. The molecule has 1 amide bonds. The van der Waals surface area contributed by atoms with E-state index in [1.54, 1.807) is 18.2 Å². The van der Waals surface area contributed by atoms with E-state index in [1.807, 2.05) is 36.4 Å². The van der Waals surface area contributed by atoms with Gasteiger partial charge < -0.3 is 4.74 Å². The Morgan fingerprint density at radius 1 is 1.06 bits per heavy atom. The standard InChI is InChI=1S/C23H22N4O4S2/c1-26(2)33(29,30)19-10-7-16(8-11-19)22(28)27(15-17-6-4-5-13-24-17)23-25-20-14-18(31-3)9-12-21(20)32-23/h4-14H,15H2,1-3H3. The number of hydrogen-bond acceptors (Lipinski definition) is 7. The highest BCUT2D eigenvalue weighted by molar-refractivity contribution is 7.89. The molecule has 2 heterocycles. The van der Waals surface area contributed by atoms with Crippen molar-refractivity contribution < 1.29 is 17.9 Å². The molecule has 0 radical (unpaired) electrons. The number of fused-ring (bicyclic) bond motifs is 1. The van der Waals surface area contributed by atoms with E-state index in [-0.39, 0.29) is 17.3 Å². The van der Waals surface area contributed by atoms with Crippen molar-refractivity contribution in [3.63, 3.8) is 0 Å². The zero-order valence-electron chi connectivity index (χ0n) is 18.3. The number of pyridine rings is 1. The number of hydrogen-bond donors (Lipinski definition) is 0. The second-order valence-electron chi connectivity index (χ2n) is 7.35. The van der Waals surface area contributed by atoms with E-state index in [4.69, 9.17) is 4.74 Å². The molecule has 0 aliphatic rings. The minimum atomic E-state index is -3.59. The molecule has 33 heavy (non-hydrogen) atoms. The maximum Gasteiger partial charge on any atom is 0.260 e. The van der Waals surface area contributed by atoms with Gasteiger partial charge in [0.2, 0.25) is 10.0 Å². The third-order valence-electron chi connectivity index (χ3n) is 4.99. The molecule has 4 aromatic rings. The van der Waals surface area contributed by atoms with Crippen molar-refractivity contribution in [1.82, 2.24) is 14.3 Å². The molecule has 2 aromatic heterocycles. The van der Waals surface area contributed by atoms with E-state index in [9.17, 15) is 13.2 Å². The van der Waals surface area contributed by atoms with Crippen molar-refractivity contribution in [3.05, 3.63) is 78.1 Å². The monoisotopic (exact) mass is 482 g/mol. The van der Waals surface area contributed by atoms with Crippen molar-refractivity contribution >= 4 is 42.6 Å². The van der Waals surface area contributed by atoms with Crippen LogP contribution in [-0.2, 0) is 16.6 Å². The molecule has 4 rings (SSSR count). The fraction of sp³-hybridized carbons (Fsp3) is 0.174. The number of amides is 1. The second-order valence-corrected chi connectivity index (χ2v) is 10.5. The molecule has 0 saturated carbocycles. The molecule has 2 aromatic carbocycles. The molecule has 8 nitrogen and oxygen atoms in total. The number of aromatic nitrogens is 2. The molecule has 170 valence electrons. The summed E-state index contributed by atoms with van der Waals surface area (Å²) in [6.45, 7) is 0.217. The smallest absolute Gasteiger partial charge is 0.260 e. The number of carbonyl (C=O) groups is 1. The first-order chi connectivity index (χ1) is 15.8. The van der Waals surface area contributed by atoms with Crippen molar-refractivity contribution in [2.24, 2.45) is 0 Å². The lowest BCUT2D eigenvalue weighted by Gasteiger charge is -2.20. The van der Waals surface area contributed by atoms with Crippen LogP contribution in [0.5, 0.6) is 5.75 Å². The summed E-state index contributed by atoms with van der Waals surface area (Å²) >= 11 is 1.39. The van der Waals surface area contributed by atoms with Crippen LogP contribution in [0.25, 0.3) is 10.2 Å². The molecule has 0 unspecified atom stereocenters. The lowest BCUT2D eigenvalue weighted by Crippen LogP contribution is -2.30. The van der Waals surface area contributed by atoms with Crippen molar-refractivity contribution in [2.45, 2.75) is 11.4 Å². The van der Waals surface area contributed by atoms with Gasteiger partial charge in [-0.25, -0.2) is 17.7 Å². The van der Waals surface area contributed by atoms with E-state index < -0.39 is 10.0 Å². The molecule has 0 saturated heterocycles. The molecule has 0 atom stereocenters. The zero-order valence-corrected chi connectivity index (χ0v) is 19.9. The van der Waals surface area contributed by atoms with Gasteiger partial charge >= 0.3 is 0 Å². The topological polar surface area (TPSA) is 92.7 Å². The number of nitrogens with zero attached hydrogens (tertiary/aromatic N) is 4. The van der Waals surface area contributed by atoms with E-state index in [1.165, 1.54) is 49.7 Å². The van der Waals surface area contributed by atoms with E-state index >= 15 is 0 Å². The average Bonchev–Trinajstić information content (AvgIpc) is 3.25. The fourth-order valence-electron chi connectivity index (χ4n) is 3.15. The van der Waals surface area contributed by atoms with Gasteiger partial charge in [-0.05, 0) is 48.5 Å². The molecule has 10 heteroatoms. The summed E-state index contributed by atoms with van der Waals surface area (Å²) in [5, 5.41) is 0.513. The van der Waals surface area contributed by atoms with Gasteiger partial charge in [0.05, 0.1) is 34.5 Å². The van der Waals surface area contributed by atoms with E-state index in [2.05, 4.69) is 9.97 Å². The van der Waals surface area contributed by atoms with Crippen LogP contribution >= 0.6 is 11.3 Å². The summed E-state index contributed by atoms with van der Waals surface area (Å²) < 4.78 is 32.1. The number of carbonyl (C=O) groups excluding carboxylic acids is 1. The highest BCUT2D eigenvalue weighted by Gasteiger charge is 2.24. The Balaban J connectivity index is 1.72. The van der Waals surface area contributed by atoms with Crippen molar-refractivity contribution in [3.8, 4) is 5.75 Å². The number of thiazole rings is 1. The number of benzene rings is 2. The summed E-state index contributed by atoms with van der Waals surface area (Å²) in [6.07, 6.45) is 1.67. The first-order valence-corrected chi connectivity index (χ1v) is 12.2. The van der Waals surface area contributed by atoms with E-state index in [0.717, 1.165) is 14.5 Å². The number of anilines is 1. The quantitative estimate of drug-likeness (QED) is 0.398. The molecule has 0 spiro atoms. The fourth-order valence-corrected chi connectivity index (χ4v) is 5.00. The number of rotatable bonds is 7. The van der Waals surface area contributed by atoms with Gasteiger partial charge in [0, 0.05) is 31.9 Å². The molecular formula is C23H22N4O4S2. The van der Waals surface area contributed by atoms with E-state index in [0.29, 0.717) is 22.1 Å². The predicted molar refractivity (Wildman–Crippen MR) is 128 cm³/mol. The van der Waals surface area contributed by atoms with Crippen LogP contribution < -0.4 is 9.64 Å². The Hall–Kier alpha value is -3.34. The molecule has 0 bridgehead atoms. The van der Waals surface area contributed by atoms with Crippen LogP contribution in [0, 0.1) is 0 Å². The lowest BCUT2D eigenvalue weighted by molar-refractivity contribution is 0.0984. The van der Waals surface area contributed by atoms with Crippen LogP contribution in [0.3, 0.4) is 0 Å². The van der Waals surface area contributed by atoms with Gasteiger partial charge in [-0.1, -0.05) is 17.4 Å². The van der Waals surface area contributed by atoms with Crippen LogP contribution in [0.2, 0.25) is 0 Å². The van der Waals surface area contributed by atoms with Gasteiger partial charge in [-0.15, -0.1) is 0 Å². The maximum atomic E-state index is 13.5. The van der Waals surface area contributed by atoms with Crippen LogP contribution in [0.15, 0.2) is 71.8 Å². The maximum absolute atomic E-state index is 13.5. The largest absolute Gasteiger partial charge is 0.497 e. The SMILES string of the molecule is COc1ccc2sc(N(Cc3ccccn3)C(=O)c3ccc(S(=O)(=O)N(C)C)cc3)nc2c1. The highest BCUT2D eigenvalue weighted by atomic mass is 32.2. The first-order valence-electron chi connectivity index (χ1n) is 9.98. The Kier molecular flexibility index (Phi) is 6.41. The summed E-state index contributed by atoms with van der Waals surface area (Å²) in [7, 11) is 0.928. The molecule has 0 aliphatic heterocycles. The summed E-state index contributed by atoms with van der Waals surface area (Å²) in [5.41, 5.74) is 1.77. The summed E-state index contributed by atoms with van der Waals surface area (Å²) in [4.78, 5) is 24.2. The molecule has 0 aliphatic carbocycles. The zero-order chi connectivity index (χ0) is 23.6. The number of ether oxygens (including phenoxy) is 1. The number of sulfonamides is 1. The Morgan fingerprint density at radius 2 is 1.82 bits per heavy atom. The summed E-state index contributed by atoms with van der Waals surface area (Å²) in [6, 6.07) is 17.0. The first kappa shape index (κ1) is 22.8. The van der Waals surface area contributed by atoms with Gasteiger partial charge in [0.15, 0.2) is 5.13 Å². The second kappa shape index (κ2) is 9.26. The number of methoxy groups -OCH3 is 1. The summed E-state index contributed by atoms with van der Waals surface area (Å²) in [5.74, 6) is 0.375. The Morgan fingerprint density at radius 3 is 2.45 bits per heavy atom. The van der Waals surface area contributed by atoms with Gasteiger partial charge in [-0.3, -0.25) is 14.7 Å². The minimum absolute atomic E-state index is 0.118. The third-order valence-corrected chi connectivity index (χ3v) is 7.87. The van der Waals surface area contributed by atoms with Gasteiger partial charge in [0.1, 0.15) is 5.75 Å². The van der Waals surface area contributed by atoms with Crippen molar-refractivity contribution in [2.75, 3.05) is 26.1 Å². The molecular weight excluding hydrogens is 460 g/mol. The van der Waals surface area contributed by atoms with Crippen LogP contribution in [0.1, 0.15) is 16.1 Å². The average molecular weight is 483 g/mol. The Labute approximate surface area is 196 Å². The lowest BCUT2D eigenvalue weighted by atomic mass is 10.2. The van der Waals surface area contributed by atoms with Crippen molar-refractivity contribution in [1.29, 1.82) is 0 Å². The minimum Gasteiger partial charge on any atom is -0.497 e. The van der Waals surface area contributed by atoms with Gasteiger partial charge in [0.25, 0.3) is 5.91 Å². The Bertz CT molecular complexity index is 1390. The highest BCUT2D eigenvalue weighted by Crippen LogP contribution is 2.32. The molecule has 0 N–H and O–H groups in total.